The SMILES string of the molecule is O=C(O)c1ccc(CNCC2CCN(c3ccccc3F)C2)cc1. The zero-order valence-electron chi connectivity index (χ0n) is 13.4. The maximum atomic E-state index is 13.8. The van der Waals surface area contributed by atoms with Crippen molar-refractivity contribution in [2.24, 2.45) is 5.92 Å². The summed E-state index contributed by atoms with van der Waals surface area (Å²) in [6.45, 7) is 3.30. The van der Waals surface area contributed by atoms with Crippen LogP contribution in [0.4, 0.5) is 10.1 Å². The van der Waals surface area contributed by atoms with Gasteiger partial charge in [0.15, 0.2) is 0 Å². The van der Waals surface area contributed by atoms with Crippen LogP contribution >= 0.6 is 0 Å². The fraction of sp³-hybridized carbons (Fsp3) is 0.316. The van der Waals surface area contributed by atoms with E-state index < -0.39 is 5.97 Å². The van der Waals surface area contributed by atoms with Crippen LogP contribution in [0.2, 0.25) is 0 Å². The van der Waals surface area contributed by atoms with E-state index in [0.717, 1.165) is 31.6 Å². The molecule has 1 fully saturated rings. The monoisotopic (exact) mass is 328 g/mol. The lowest BCUT2D eigenvalue weighted by molar-refractivity contribution is 0.0697. The van der Waals surface area contributed by atoms with Crippen LogP contribution in [0, 0.1) is 11.7 Å². The number of carboxylic acid groups (broad SMARTS) is 1. The second-order valence-corrected chi connectivity index (χ2v) is 6.19. The van der Waals surface area contributed by atoms with Crippen molar-refractivity contribution >= 4 is 11.7 Å². The van der Waals surface area contributed by atoms with Crippen molar-refractivity contribution in [3.8, 4) is 0 Å². The van der Waals surface area contributed by atoms with Crippen LogP contribution in [-0.2, 0) is 6.54 Å². The summed E-state index contributed by atoms with van der Waals surface area (Å²) < 4.78 is 13.8. The molecule has 5 heteroatoms. The lowest BCUT2D eigenvalue weighted by atomic mass is 10.1. The van der Waals surface area contributed by atoms with E-state index in [0.29, 0.717) is 23.7 Å². The maximum absolute atomic E-state index is 13.8. The van der Waals surface area contributed by atoms with Crippen LogP contribution in [0.25, 0.3) is 0 Å². The zero-order valence-corrected chi connectivity index (χ0v) is 13.4. The molecule has 0 radical (unpaired) electrons. The molecule has 2 aromatic carbocycles. The van der Waals surface area contributed by atoms with Gasteiger partial charge in [-0.15, -0.1) is 0 Å². The topological polar surface area (TPSA) is 52.6 Å². The van der Waals surface area contributed by atoms with E-state index >= 15 is 0 Å². The number of benzene rings is 2. The Kier molecular flexibility index (Phi) is 5.11. The Bertz CT molecular complexity index is 703. The van der Waals surface area contributed by atoms with Crippen LogP contribution in [0.3, 0.4) is 0 Å². The summed E-state index contributed by atoms with van der Waals surface area (Å²) in [6.07, 6.45) is 1.04. The van der Waals surface area contributed by atoms with E-state index in [4.69, 9.17) is 5.11 Å². The number of hydrogen-bond donors (Lipinski definition) is 2. The molecular weight excluding hydrogens is 307 g/mol. The fourth-order valence-corrected chi connectivity index (χ4v) is 3.11. The molecule has 1 aliphatic rings. The predicted molar refractivity (Wildman–Crippen MR) is 91.8 cm³/mol. The molecule has 0 spiro atoms. The van der Waals surface area contributed by atoms with E-state index in [1.54, 1.807) is 18.2 Å². The van der Waals surface area contributed by atoms with Gasteiger partial charge in [0, 0.05) is 26.2 Å². The normalized spacial score (nSPS) is 17.2. The molecule has 24 heavy (non-hydrogen) atoms. The first-order chi connectivity index (χ1) is 11.6. The lowest BCUT2D eigenvalue weighted by Gasteiger charge is -2.19. The summed E-state index contributed by atoms with van der Waals surface area (Å²) in [4.78, 5) is 12.9. The summed E-state index contributed by atoms with van der Waals surface area (Å²) in [5, 5.41) is 12.3. The number of anilines is 1. The lowest BCUT2D eigenvalue weighted by Crippen LogP contribution is -2.26. The van der Waals surface area contributed by atoms with Gasteiger partial charge in [-0.05, 0) is 42.2 Å². The first kappa shape index (κ1) is 16.5. The third kappa shape index (κ3) is 3.92. The highest BCUT2D eigenvalue weighted by Gasteiger charge is 2.23. The van der Waals surface area contributed by atoms with E-state index in [9.17, 15) is 9.18 Å². The molecule has 0 aliphatic carbocycles. The summed E-state index contributed by atoms with van der Waals surface area (Å²) in [5.41, 5.74) is 2.04. The number of nitrogens with zero attached hydrogens (tertiary/aromatic N) is 1. The van der Waals surface area contributed by atoms with E-state index in [-0.39, 0.29) is 5.82 Å². The smallest absolute Gasteiger partial charge is 0.335 e. The summed E-state index contributed by atoms with van der Waals surface area (Å²) >= 11 is 0. The van der Waals surface area contributed by atoms with Crippen molar-refractivity contribution in [1.29, 1.82) is 0 Å². The third-order valence-electron chi connectivity index (χ3n) is 4.44. The number of rotatable bonds is 6. The van der Waals surface area contributed by atoms with Crippen LogP contribution in [-0.4, -0.2) is 30.7 Å². The van der Waals surface area contributed by atoms with Crippen molar-refractivity contribution in [2.45, 2.75) is 13.0 Å². The zero-order chi connectivity index (χ0) is 16.9. The Labute approximate surface area is 140 Å². The van der Waals surface area contributed by atoms with E-state index in [1.807, 2.05) is 24.3 Å². The molecule has 2 N–H and O–H groups in total. The molecular formula is C19H21FN2O2. The molecule has 3 rings (SSSR count). The molecule has 1 saturated heterocycles. The highest BCUT2D eigenvalue weighted by Crippen LogP contribution is 2.25. The quantitative estimate of drug-likeness (QED) is 0.855. The van der Waals surface area contributed by atoms with Crippen LogP contribution in [0.5, 0.6) is 0 Å². The van der Waals surface area contributed by atoms with Crippen molar-refractivity contribution in [1.82, 2.24) is 5.32 Å². The highest BCUT2D eigenvalue weighted by molar-refractivity contribution is 5.87. The molecule has 4 nitrogen and oxygen atoms in total. The molecule has 1 atom stereocenters. The molecule has 1 aliphatic heterocycles. The minimum Gasteiger partial charge on any atom is -0.478 e. The summed E-state index contributed by atoms with van der Waals surface area (Å²) in [6, 6.07) is 13.8. The second kappa shape index (κ2) is 7.45. The number of aromatic carboxylic acids is 1. The van der Waals surface area contributed by atoms with Crippen molar-refractivity contribution in [3.05, 3.63) is 65.5 Å². The van der Waals surface area contributed by atoms with Gasteiger partial charge in [-0.3, -0.25) is 0 Å². The van der Waals surface area contributed by atoms with E-state index in [1.165, 1.54) is 6.07 Å². The molecule has 2 aromatic rings. The number of para-hydroxylation sites is 1. The van der Waals surface area contributed by atoms with Crippen molar-refractivity contribution in [3.63, 3.8) is 0 Å². The minimum absolute atomic E-state index is 0.162. The highest BCUT2D eigenvalue weighted by atomic mass is 19.1. The average molecular weight is 328 g/mol. The van der Waals surface area contributed by atoms with Crippen LogP contribution < -0.4 is 10.2 Å². The Hall–Kier alpha value is -2.40. The van der Waals surface area contributed by atoms with Gasteiger partial charge < -0.3 is 15.3 Å². The van der Waals surface area contributed by atoms with Crippen LogP contribution in [0.1, 0.15) is 22.3 Å². The Balaban J connectivity index is 1.46. The molecule has 0 aromatic heterocycles. The van der Waals surface area contributed by atoms with Gasteiger partial charge in [0.05, 0.1) is 11.3 Å². The predicted octanol–water partition coefficient (Wildman–Crippen LogP) is 3.14. The number of carboxylic acids is 1. The molecule has 1 heterocycles. The van der Waals surface area contributed by atoms with Gasteiger partial charge in [0.1, 0.15) is 5.82 Å². The minimum atomic E-state index is -0.909. The Morgan fingerprint density at radius 1 is 1.21 bits per heavy atom. The number of carbonyl (C=O) groups is 1. The molecule has 126 valence electrons. The first-order valence-electron chi connectivity index (χ1n) is 8.16. The number of halogens is 1. The van der Waals surface area contributed by atoms with Gasteiger partial charge in [-0.25, -0.2) is 9.18 Å². The first-order valence-corrected chi connectivity index (χ1v) is 8.16. The Morgan fingerprint density at radius 3 is 2.67 bits per heavy atom. The Morgan fingerprint density at radius 2 is 1.96 bits per heavy atom. The fourth-order valence-electron chi connectivity index (χ4n) is 3.11. The van der Waals surface area contributed by atoms with Crippen molar-refractivity contribution < 1.29 is 14.3 Å². The number of nitrogens with one attached hydrogen (secondary N) is 1. The van der Waals surface area contributed by atoms with Gasteiger partial charge in [0.25, 0.3) is 0 Å². The summed E-state index contributed by atoms with van der Waals surface area (Å²) in [7, 11) is 0. The molecule has 0 bridgehead atoms. The van der Waals surface area contributed by atoms with E-state index in [2.05, 4.69) is 10.2 Å². The third-order valence-corrected chi connectivity index (χ3v) is 4.44. The van der Waals surface area contributed by atoms with Gasteiger partial charge in [-0.1, -0.05) is 24.3 Å². The van der Waals surface area contributed by atoms with Crippen molar-refractivity contribution in [2.75, 3.05) is 24.5 Å². The largest absolute Gasteiger partial charge is 0.478 e. The standard InChI is InChI=1S/C19H21FN2O2/c20-17-3-1-2-4-18(17)22-10-9-15(13-22)12-21-11-14-5-7-16(8-6-14)19(23)24/h1-8,15,21H,9-13H2,(H,23,24). The van der Waals surface area contributed by atoms with Gasteiger partial charge in [0.2, 0.25) is 0 Å². The average Bonchev–Trinajstić information content (AvgIpc) is 3.04. The molecule has 0 saturated carbocycles. The maximum Gasteiger partial charge on any atom is 0.335 e. The second-order valence-electron chi connectivity index (χ2n) is 6.19. The summed E-state index contributed by atoms with van der Waals surface area (Å²) in [5.74, 6) is -0.582. The molecule has 0 amide bonds. The van der Waals surface area contributed by atoms with Crippen LogP contribution in [0.15, 0.2) is 48.5 Å². The number of hydrogen-bond acceptors (Lipinski definition) is 3. The van der Waals surface area contributed by atoms with Gasteiger partial charge >= 0.3 is 5.97 Å². The van der Waals surface area contributed by atoms with Gasteiger partial charge in [-0.2, -0.15) is 0 Å². The molecule has 1 unspecified atom stereocenters.